The summed E-state index contributed by atoms with van der Waals surface area (Å²) < 4.78 is 5.82. The first kappa shape index (κ1) is 20.3. The molecule has 0 spiro atoms. The molecule has 0 fully saturated rings. The maximum Gasteiger partial charge on any atom is 0.303 e. The van der Waals surface area contributed by atoms with Crippen molar-refractivity contribution in [1.29, 1.82) is 0 Å². The largest absolute Gasteiger partial charge is 0.481 e. The highest BCUT2D eigenvalue weighted by molar-refractivity contribution is 5.66. The van der Waals surface area contributed by atoms with Crippen molar-refractivity contribution in [3.8, 4) is 11.8 Å². The van der Waals surface area contributed by atoms with Gasteiger partial charge in [0.05, 0.1) is 12.2 Å². The highest BCUT2D eigenvalue weighted by Gasteiger charge is 2.33. The van der Waals surface area contributed by atoms with Gasteiger partial charge in [0, 0.05) is 37.2 Å². The van der Waals surface area contributed by atoms with Crippen LogP contribution in [0.5, 0.6) is 0 Å². The first-order chi connectivity index (χ1) is 12.4. The zero-order valence-corrected chi connectivity index (χ0v) is 15.4. The van der Waals surface area contributed by atoms with Gasteiger partial charge in [-0.2, -0.15) is 0 Å². The summed E-state index contributed by atoms with van der Waals surface area (Å²) in [4.78, 5) is 10.5. The van der Waals surface area contributed by atoms with Crippen molar-refractivity contribution < 1.29 is 24.5 Å². The van der Waals surface area contributed by atoms with E-state index in [0.717, 1.165) is 23.5 Å². The molecule has 1 aliphatic rings. The van der Waals surface area contributed by atoms with E-state index in [9.17, 15) is 15.0 Å². The number of rotatable bonds is 9. The van der Waals surface area contributed by atoms with Gasteiger partial charge in [0.25, 0.3) is 0 Å². The Balaban J connectivity index is 1.96. The van der Waals surface area contributed by atoms with Crippen LogP contribution in [0.3, 0.4) is 0 Å². The number of furan rings is 1. The van der Waals surface area contributed by atoms with Crippen LogP contribution >= 0.6 is 0 Å². The van der Waals surface area contributed by atoms with Gasteiger partial charge in [0.1, 0.15) is 11.5 Å². The lowest BCUT2D eigenvalue weighted by Gasteiger charge is -2.15. The molecule has 5 nitrogen and oxygen atoms in total. The number of fused-ring (bicyclic) bond motifs is 1. The number of carboxylic acid groups (broad SMARTS) is 1. The molecular formula is C21H28O5. The van der Waals surface area contributed by atoms with Crippen molar-refractivity contribution in [3.05, 3.63) is 35.3 Å². The van der Waals surface area contributed by atoms with Gasteiger partial charge in [0.2, 0.25) is 0 Å². The number of aliphatic hydroxyl groups excluding tert-OH is 2. The number of carbonyl (C=O) groups is 1. The molecule has 0 saturated heterocycles. The van der Waals surface area contributed by atoms with Crippen LogP contribution in [0.15, 0.2) is 22.6 Å². The summed E-state index contributed by atoms with van der Waals surface area (Å²) in [5, 5.41) is 29.2. The Labute approximate surface area is 154 Å². The average molecular weight is 360 g/mol. The Hall–Kier alpha value is -2.03. The minimum Gasteiger partial charge on any atom is -0.481 e. The summed E-state index contributed by atoms with van der Waals surface area (Å²) in [5.74, 6) is 6.50. The van der Waals surface area contributed by atoms with Crippen LogP contribution in [-0.4, -0.2) is 33.5 Å². The highest BCUT2D eigenvalue weighted by Crippen LogP contribution is 2.37. The molecule has 1 aromatic rings. The fourth-order valence-electron chi connectivity index (χ4n) is 3.20. The van der Waals surface area contributed by atoms with Crippen LogP contribution < -0.4 is 0 Å². The number of hydrogen-bond donors (Lipinski definition) is 3. The molecule has 0 radical (unpaired) electrons. The summed E-state index contributed by atoms with van der Waals surface area (Å²) in [7, 11) is 0. The Morgan fingerprint density at radius 1 is 1.46 bits per heavy atom. The molecule has 3 N–H and O–H groups in total. The Morgan fingerprint density at radius 3 is 2.92 bits per heavy atom. The summed E-state index contributed by atoms with van der Waals surface area (Å²) >= 11 is 0. The van der Waals surface area contributed by atoms with E-state index in [1.807, 2.05) is 19.1 Å². The maximum absolute atomic E-state index is 10.5. The zero-order valence-electron chi connectivity index (χ0n) is 15.4. The van der Waals surface area contributed by atoms with E-state index in [1.165, 1.54) is 0 Å². The lowest BCUT2D eigenvalue weighted by atomic mass is 9.96. The standard InChI is InChI=1S/C21H28O5/c1-3-4-7-14(2)18(22)11-10-16-17-12-15(8-5-6-9-21(24)25)26-20(17)13-19(16)23/h10-12,14,16,18-19,22-23H,5-9,13H2,1-2H3,(H,24,25)/t14?,16-,18-,19-/m1/s1. The lowest BCUT2D eigenvalue weighted by molar-refractivity contribution is -0.137. The molecule has 0 bridgehead atoms. The van der Waals surface area contributed by atoms with Crippen LogP contribution in [-0.2, 0) is 17.6 Å². The van der Waals surface area contributed by atoms with Gasteiger partial charge in [-0.1, -0.05) is 19.1 Å². The first-order valence-electron chi connectivity index (χ1n) is 9.19. The Morgan fingerprint density at radius 2 is 2.23 bits per heavy atom. The smallest absolute Gasteiger partial charge is 0.303 e. The molecule has 0 aromatic carbocycles. The van der Waals surface area contributed by atoms with Crippen LogP contribution in [0, 0.1) is 17.8 Å². The summed E-state index contributed by atoms with van der Waals surface area (Å²) in [6, 6.07) is 1.96. The van der Waals surface area contributed by atoms with Gasteiger partial charge in [-0.05, 0) is 31.7 Å². The van der Waals surface area contributed by atoms with Crippen molar-refractivity contribution in [3.63, 3.8) is 0 Å². The lowest BCUT2D eigenvalue weighted by Crippen LogP contribution is -2.16. The molecule has 1 unspecified atom stereocenters. The molecule has 1 heterocycles. The first-order valence-corrected chi connectivity index (χ1v) is 9.19. The summed E-state index contributed by atoms with van der Waals surface area (Å²) in [6.45, 7) is 3.73. The van der Waals surface area contributed by atoms with Crippen molar-refractivity contribution in [2.24, 2.45) is 5.92 Å². The monoisotopic (exact) mass is 360 g/mol. The van der Waals surface area contributed by atoms with Gasteiger partial charge in [0.15, 0.2) is 0 Å². The highest BCUT2D eigenvalue weighted by atomic mass is 16.4. The van der Waals surface area contributed by atoms with Crippen LogP contribution in [0.25, 0.3) is 0 Å². The molecule has 0 saturated carbocycles. The summed E-state index contributed by atoms with van der Waals surface area (Å²) in [5.41, 5.74) is 0.968. The predicted molar refractivity (Wildman–Crippen MR) is 98.7 cm³/mol. The molecule has 2 rings (SSSR count). The Kier molecular flexibility index (Phi) is 7.50. The zero-order chi connectivity index (χ0) is 19.1. The van der Waals surface area contributed by atoms with E-state index in [2.05, 4.69) is 11.8 Å². The third kappa shape index (κ3) is 5.48. The van der Waals surface area contributed by atoms with Crippen LogP contribution in [0.1, 0.15) is 62.5 Å². The predicted octanol–water partition coefficient (Wildman–Crippen LogP) is 3.04. The maximum atomic E-state index is 10.5. The molecular weight excluding hydrogens is 332 g/mol. The van der Waals surface area contributed by atoms with E-state index in [4.69, 9.17) is 9.52 Å². The molecule has 0 aliphatic heterocycles. The second kappa shape index (κ2) is 9.61. The molecule has 142 valence electrons. The number of aryl methyl sites for hydroxylation is 1. The second-order valence-electron chi connectivity index (χ2n) is 6.97. The van der Waals surface area contributed by atoms with Crippen LogP contribution in [0.2, 0.25) is 0 Å². The van der Waals surface area contributed by atoms with E-state index >= 15 is 0 Å². The second-order valence-corrected chi connectivity index (χ2v) is 6.97. The number of aliphatic carboxylic acids is 1. The number of carboxylic acids is 1. The van der Waals surface area contributed by atoms with E-state index in [-0.39, 0.29) is 18.3 Å². The van der Waals surface area contributed by atoms with Gasteiger partial charge in [-0.15, -0.1) is 11.8 Å². The fraction of sp³-hybridized carbons (Fsp3) is 0.571. The number of aliphatic hydroxyl groups is 2. The van der Waals surface area contributed by atoms with E-state index in [0.29, 0.717) is 25.7 Å². The van der Waals surface area contributed by atoms with Gasteiger partial charge in [-0.25, -0.2) is 0 Å². The topological polar surface area (TPSA) is 90.9 Å². The fourth-order valence-corrected chi connectivity index (χ4v) is 3.20. The van der Waals surface area contributed by atoms with E-state index in [1.54, 1.807) is 13.0 Å². The van der Waals surface area contributed by atoms with E-state index < -0.39 is 18.2 Å². The quantitative estimate of drug-likeness (QED) is 0.358. The Bertz CT molecular complexity index is 691. The number of hydrogen-bond acceptors (Lipinski definition) is 4. The van der Waals surface area contributed by atoms with Gasteiger partial charge < -0.3 is 19.7 Å². The van der Waals surface area contributed by atoms with Crippen molar-refractivity contribution >= 4 is 5.97 Å². The number of unbranched alkanes of at least 4 members (excludes halogenated alkanes) is 1. The van der Waals surface area contributed by atoms with Gasteiger partial charge >= 0.3 is 5.97 Å². The minimum atomic E-state index is -0.780. The molecule has 0 amide bonds. The molecule has 5 heteroatoms. The normalized spacial score (nSPS) is 21.2. The van der Waals surface area contributed by atoms with Crippen molar-refractivity contribution in [2.45, 2.75) is 70.5 Å². The molecule has 1 aliphatic carbocycles. The third-order valence-corrected chi connectivity index (χ3v) is 4.82. The minimum absolute atomic E-state index is 0.0332. The molecule has 4 atom stereocenters. The van der Waals surface area contributed by atoms with Crippen molar-refractivity contribution in [2.75, 3.05) is 0 Å². The molecule has 1 aromatic heterocycles. The average Bonchev–Trinajstić information content (AvgIpc) is 3.10. The van der Waals surface area contributed by atoms with Crippen LogP contribution in [0.4, 0.5) is 0 Å². The molecule has 26 heavy (non-hydrogen) atoms. The van der Waals surface area contributed by atoms with Gasteiger partial charge in [-0.3, -0.25) is 4.79 Å². The van der Waals surface area contributed by atoms with Crippen molar-refractivity contribution in [1.82, 2.24) is 0 Å². The summed E-state index contributed by atoms with van der Waals surface area (Å²) in [6.07, 6.45) is 5.80. The third-order valence-electron chi connectivity index (χ3n) is 4.82. The SMILES string of the molecule is CC#CCC(C)[C@H](O)C=C[C@@H]1c2cc(CCCCC(=O)O)oc2C[C@H]1O.